The van der Waals surface area contributed by atoms with Gasteiger partial charge in [-0.15, -0.1) is 0 Å². The number of hydrogen-bond acceptors (Lipinski definition) is 4. The number of benzene rings is 1. The van der Waals surface area contributed by atoms with Crippen molar-refractivity contribution >= 4 is 9.84 Å². The van der Waals surface area contributed by atoms with E-state index in [0.717, 1.165) is 6.42 Å². The Morgan fingerprint density at radius 1 is 1.22 bits per heavy atom. The molecule has 5 nitrogen and oxygen atoms in total. The van der Waals surface area contributed by atoms with Gasteiger partial charge in [0.1, 0.15) is 0 Å². The van der Waals surface area contributed by atoms with E-state index >= 15 is 0 Å². The predicted octanol–water partition coefficient (Wildman–Crippen LogP) is 0.420. The van der Waals surface area contributed by atoms with Crippen molar-refractivity contribution in [3.8, 4) is 5.88 Å². The number of rotatable bonds is 2. The Morgan fingerprint density at radius 2 is 1.94 bits per heavy atom. The Morgan fingerprint density at radius 3 is 2.61 bits per heavy atom. The standard InChI is InChI=1S/C12H11NO4S/c14-11-12(17-10-7-4-8-13(10)11)18(15,16)9-5-2-1-3-6-9/h1-3,5-6H,4,7-8H2. The molecule has 18 heavy (non-hydrogen) atoms. The van der Waals surface area contributed by atoms with Crippen LogP contribution in [-0.4, -0.2) is 8.42 Å². The zero-order valence-corrected chi connectivity index (χ0v) is 10.3. The smallest absolute Gasteiger partial charge is 0.347 e. The molecule has 0 saturated carbocycles. The highest BCUT2D eigenvalue weighted by atomic mass is 32.2. The van der Waals surface area contributed by atoms with E-state index in [-0.39, 0.29) is 4.90 Å². The first-order chi connectivity index (χ1) is 8.60. The third-order valence-corrected chi connectivity index (χ3v) is 4.64. The highest BCUT2D eigenvalue weighted by Crippen LogP contribution is 2.28. The van der Waals surface area contributed by atoms with Crippen molar-refractivity contribution in [2.45, 2.75) is 29.4 Å². The topological polar surface area (TPSA) is 74.2 Å². The number of hydrogen-bond donors (Lipinski definition) is 0. The fourth-order valence-electron chi connectivity index (χ4n) is 2.11. The van der Waals surface area contributed by atoms with Gasteiger partial charge in [0.2, 0.25) is 15.7 Å². The van der Waals surface area contributed by atoms with Crippen LogP contribution in [0.3, 0.4) is 0 Å². The predicted molar refractivity (Wildman–Crippen MR) is 58.6 cm³/mol. The van der Waals surface area contributed by atoms with E-state index in [1.54, 1.807) is 18.2 Å². The van der Waals surface area contributed by atoms with E-state index in [1.165, 1.54) is 16.7 Å². The Balaban J connectivity index is 2.16. The summed E-state index contributed by atoms with van der Waals surface area (Å²) < 4.78 is 31.1. The lowest BCUT2D eigenvalue weighted by molar-refractivity contribution is -0.732. The largest absolute Gasteiger partial charge is 0.820 e. The van der Waals surface area contributed by atoms with E-state index in [9.17, 15) is 13.5 Å². The Labute approximate surface area is 104 Å². The monoisotopic (exact) mass is 265 g/mol. The Hall–Kier alpha value is -1.82. The van der Waals surface area contributed by atoms with Gasteiger partial charge < -0.3 is 9.52 Å². The molecule has 0 bridgehead atoms. The molecule has 0 radical (unpaired) electrons. The van der Waals surface area contributed by atoms with Crippen LogP contribution < -0.4 is 9.67 Å². The van der Waals surface area contributed by atoms with Crippen LogP contribution in [0.5, 0.6) is 5.88 Å². The van der Waals surface area contributed by atoms with Gasteiger partial charge in [-0.25, -0.2) is 8.42 Å². The zero-order valence-electron chi connectivity index (χ0n) is 9.50. The average Bonchev–Trinajstić information content (AvgIpc) is 2.94. The molecule has 0 N–H and O–H groups in total. The molecule has 1 aromatic carbocycles. The molecule has 1 aliphatic heterocycles. The molecule has 6 heteroatoms. The lowest BCUT2D eigenvalue weighted by Crippen LogP contribution is -2.34. The summed E-state index contributed by atoms with van der Waals surface area (Å²) in [5, 5.41) is 11.5. The van der Waals surface area contributed by atoms with Gasteiger partial charge in [0.15, 0.2) is 6.54 Å². The minimum atomic E-state index is -3.85. The highest BCUT2D eigenvalue weighted by Gasteiger charge is 2.34. The van der Waals surface area contributed by atoms with Crippen LogP contribution in [0.2, 0.25) is 0 Å². The number of oxazole rings is 1. The molecule has 1 aromatic heterocycles. The molecule has 0 aliphatic carbocycles. The lowest BCUT2D eigenvalue weighted by atomic mass is 10.4. The van der Waals surface area contributed by atoms with Gasteiger partial charge in [-0.3, -0.25) is 0 Å². The molecule has 2 aromatic rings. The molecule has 0 spiro atoms. The van der Waals surface area contributed by atoms with Crippen molar-refractivity contribution in [2.75, 3.05) is 0 Å². The summed E-state index contributed by atoms with van der Waals surface area (Å²) in [7, 11) is -3.85. The van der Waals surface area contributed by atoms with Crippen LogP contribution >= 0.6 is 0 Å². The number of fused-ring (bicyclic) bond motifs is 1. The van der Waals surface area contributed by atoms with Gasteiger partial charge in [-0.05, 0) is 12.1 Å². The molecule has 2 heterocycles. The van der Waals surface area contributed by atoms with Crippen molar-refractivity contribution in [3.63, 3.8) is 0 Å². The summed E-state index contributed by atoms with van der Waals surface area (Å²) in [6, 6.07) is 7.84. The van der Waals surface area contributed by atoms with Crippen molar-refractivity contribution in [3.05, 3.63) is 36.2 Å². The third kappa shape index (κ3) is 1.53. The van der Waals surface area contributed by atoms with Crippen LogP contribution in [0, 0.1) is 0 Å². The Kier molecular flexibility index (Phi) is 2.41. The van der Waals surface area contributed by atoms with Gasteiger partial charge in [0.25, 0.3) is 5.09 Å². The van der Waals surface area contributed by atoms with Gasteiger partial charge >= 0.3 is 5.89 Å². The fourth-order valence-corrected chi connectivity index (χ4v) is 3.38. The van der Waals surface area contributed by atoms with E-state index < -0.39 is 20.8 Å². The van der Waals surface area contributed by atoms with Crippen LogP contribution in [0.15, 0.2) is 44.7 Å². The summed E-state index contributed by atoms with van der Waals surface area (Å²) in [6.07, 6.45) is 1.43. The van der Waals surface area contributed by atoms with E-state index in [1.807, 2.05) is 0 Å². The zero-order chi connectivity index (χ0) is 12.8. The maximum atomic E-state index is 12.3. The van der Waals surface area contributed by atoms with Crippen LogP contribution in [-0.2, 0) is 22.8 Å². The maximum absolute atomic E-state index is 12.3. The second-order valence-corrected chi connectivity index (χ2v) is 6.01. The molecular formula is C12H11NO4S. The first kappa shape index (κ1) is 11.3. The summed E-state index contributed by atoms with van der Waals surface area (Å²) >= 11 is 0. The van der Waals surface area contributed by atoms with Crippen molar-refractivity contribution in [1.29, 1.82) is 0 Å². The van der Waals surface area contributed by atoms with Gasteiger partial charge in [-0.1, -0.05) is 18.2 Å². The van der Waals surface area contributed by atoms with E-state index in [0.29, 0.717) is 18.9 Å². The molecule has 3 rings (SSSR count). The summed E-state index contributed by atoms with van der Waals surface area (Å²) in [5.74, 6) is -0.0964. The number of nitrogens with zero attached hydrogens (tertiary/aromatic N) is 1. The second-order valence-electron chi connectivity index (χ2n) is 4.16. The fraction of sp³-hybridized carbons (Fsp3) is 0.250. The average molecular weight is 265 g/mol. The quantitative estimate of drug-likeness (QED) is 0.738. The van der Waals surface area contributed by atoms with E-state index in [2.05, 4.69) is 0 Å². The number of aromatic nitrogens is 1. The molecule has 0 saturated heterocycles. The van der Waals surface area contributed by atoms with Gasteiger partial charge in [0, 0.05) is 6.42 Å². The molecule has 0 atom stereocenters. The van der Waals surface area contributed by atoms with Gasteiger partial charge in [0.05, 0.1) is 11.3 Å². The lowest BCUT2D eigenvalue weighted by Gasteiger charge is -2.03. The maximum Gasteiger partial charge on any atom is 0.347 e. The summed E-state index contributed by atoms with van der Waals surface area (Å²) in [4.78, 5) is 0.0788. The normalized spacial score (nSPS) is 14.7. The molecule has 94 valence electrons. The van der Waals surface area contributed by atoms with Crippen molar-refractivity contribution in [2.24, 2.45) is 0 Å². The first-order valence-corrected chi connectivity index (χ1v) is 7.11. The van der Waals surface area contributed by atoms with Crippen molar-refractivity contribution < 1.29 is 22.5 Å². The van der Waals surface area contributed by atoms with E-state index in [4.69, 9.17) is 4.42 Å². The molecule has 0 unspecified atom stereocenters. The molecule has 0 amide bonds. The minimum absolute atomic E-state index is 0.0788. The Bertz CT molecular complexity index is 688. The third-order valence-electron chi connectivity index (χ3n) is 3.00. The second kappa shape index (κ2) is 3.84. The summed E-state index contributed by atoms with van der Waals surface area (Å²) in [6.45, 7) is 0.530. The van der Waals surface area contributed by atoms with Crippen LogP contribution in [0.25, 0.3) is 0 Å². The molecule has 1 aliphatic rings. The highest BCUT2D eigenvalue weighted by molar-refractivity contribution is 7.91. The minimum Gasteiger partial charge on any atom is -0.820 e. The SMILES string of the molecule is O=S(=O)(c1ccccc1)c1oc2[n+](c1[O-])CCC2. The molecular weight excluding hydrogens is 254 g/mol. The van der Waals surface area contributed by atoms with Crippen LogP contribution in [0.1, 0.15) is 12.3 Å². The number of sulfone groups is 1. The first-order valence-electron chi connectivity index (χ1n) is 5.63. The van der Waals surface area contributed by atoms with Gasteiger partial charge in [-0.2, -0.15) is 4.57 Å². The van der Waals surface area contributed by atoms with Crippen molar-refractivity contribution in [1.82, 2.24) is 0 Å². The molecule has 0 fully saturated rings. The number of aryl methyl sites for hydroxylation is 1. The summed E-state index contributed by atoms with van der Waals surface area (Å²) in [5.41, 5.74) is 0. The van der Waals surface area contributed by atoms with Crippen LogP contribution in [0.4, 0.5) is 0 Å².